The normalized spacial score (nSPS) is 26.1. The maximum atomic E-state index is 11.9. The zero-order chi connectivity index (χ0) is 13.5. The molecule has 0 radical (unpaired) electrons. The summed E-state index contributed by atoms with van der Waals surface area (Å²) in [6.45, 7) is 2.04. The lowest BCUT2D eigenvalue weighted by atomic mass is 10.1. The average Bonchev–Trinajstić information content (AvgIpc) is 2.35. The van der Waals surface area contributed by atoms with E-state index in [9.17, 15) is 4.79 Å². The molecule has 0 aromatic carbocycles. The number of ether oxygens (including phenoxy) is 1. The molecule has 0 spiro atoms. The lowest BCUT2D eigenvalue weighted by molar-refractivity contribution is -0.150. The van der Waals surface area contributed by atoms with Crippen molar-refractivity contribution in [3.8, 4) is 0 Å². The molecule has 0 aromatic rings. The van der Waals surface area contributed by atoms with E-state index >= 15 is 0 Å². The van der Waals surface area contributed by atoms with Gasteiger partial charge in [0.2, 0.25) is 0 Å². The lowest BCUT2D eigenvalue weighted by Crippen LogP contribution is -2.35. The smallest absolute Gasteiger partial charge is 0.310 e. The van der Waals surface area contributed by atoms with E-state index in [1.165, 1.54) is 0 Å². The fourth-order valence-corrected chi connectivity index (χ4v) is 2.41. The first-order valence-electron chi connectivity index (χ1n) is 7.11. The molecule has 1 saturated heterocycles. The van der Waals surface area contributed by atoms with Gasteiger partial charge in [-0.25, -0.2) is 0 Å². The molecule has 2 aliphatic rings. The van der Waals surface area contributed by atoms with Gasteiger partial charge in [-0.1, -0.05) is 36.0 Å². The summed E-state index contributed by atoms with van der Waals surface area (Å²) in [5.41, 5.74) is 1.13. The first-order valence-corrected chi connectivity index (χ1v) is 7.11. The van der Waals surface area contributed by atoms with E-state index in [0.29, 0.717) is 6.42 Å². The maximum absolute atomic E-state index is 11.9. The van der Waals surface area contributed by atoms with Crippen molar-refractivity contribution < 1.29 is 9.53 Å². The fourth-order valence-electron chi connectivity index (χ4n) is 2.41. The molecule has 104 valence electrons. The highest BCUT2D eigenvalue weighted by Crippen LogP contribution is 2.16. The van der Waals surface area contributed by atoms with Crippen molar-refractivity contribution in [3.05, 3.63) is 36.0 Å². The summed E-state index contributed by atoms with van der Waals surface area (Å²) < 4.78 is 5.56. The minimum atomic E-state index is -0.0804. The molecular formula is C16H23NO2. The predicted octanol–water partition coefficient (Wildman–Crippen LogP) is 2.85. The number of carbonyl (C=O) groups is 1. The van der Waals surface area contributed by atoms with Gasteiger partial charge in [0.15, 0.2) is 0 Å². The summed E-state index contributed by atoms with van der Waals surface area (Å²) in [6.07, 6.45) is 14.7. The molecule has 0 bridgehead atoms. The highest BCUT2D eigenvalue weighted by Gasteiger charge is 2.20. The molecule has 1 aliphatic heterocycles. The first kappa shape index (κ1) is 14.1. The minimum absolute atomic E-state index is 0.0804. The first-order chi connectivity index (χ1) is 9.24. The van der Waals surface area contributed by atoms with Crippen LogP contribution in [0, 0.1) is 0 Å². The Morgan fingerprint density at radius 2 is 2.11 bits per heavy atom. The summed E-state index contributed by atoms with van der Waals surface area (Å²) in [7, 11) is 2.11. The molecule has 0 unspecified atom stereocenters. The fraction of sp³-hybridized carbons (Fsp3) is 0.562. The summed E-state index contributed by atoms with van der Waals surface area (Å²) in [5, 5.41) is 0. The molecule has 0 N–H and O–H groups in total. The molecule has 19 heavy (non-hydrogen) atoms. The number of allylic oxidation sites excluding steroid dienone is 5. The van der Waals surface area contributed by atoms with E-state index in [4.69, 9.17) is 4.74 Å². The quantitative estimate of drug-likeness (QED) is 0.578. The molecular weight excluding hydrogens is 238 g/mol. The average molecular weight is 261 g/mol. The number of hydrogen-bond acceptors (Lipinski definition) is 3. The van der Waals surface area contributed by atoms with Crippen LogP contribution in [0.15, 0.2) is 36.0 Å². The Kier molecular flexibility index (Phi) is 5.40. The Labute approximate surface area is 115 Å². The zero-order valence-electron chi connectivity index (χ0n) is 11.7. The van der Waals surface area contributed by atoms with Crippen molar-refractivity contribution in [2.45, 2.75) is 38.2 Å². The number of nitrogens with zero attached hydrogens (tertiary/aromatic N) is 1. The van der Waals surface area contributed by atoms with Crippen LogP contribution in [0.5, 0.6) is 0 Å². The van der Waals surface area contributed by atoms with Gasteiger partial charge >= 0.3 is 5.97 Å². The standard InChI is InChI=1S/C16H23NO2/c1-17-11-9-15(10-12-17)19-16(18)13-14-7-5-3-2-4-6-8-14/h3-7,15H,2,8-13H2,1H3/b5-3-,6-4?,14-7+. The van der Waals surface area contributed by atoms with Crippen molar-refractivity contribution in [1.29, 1.82) is 0 Å². The number of hydrogen-bond donors (Lipinski definition) is 0. The van der Waals surface area contributed by atoms with Gasteiger partial charge in [0.1, 0.15) is 6.10 Å². The van der Waals surface area contributed by atoms with Crippen molar-refractivity contribution in [2.75, 3.05) is 20.1 Å². The molecule has 1 heterocycles. The molecule has 0 aromatic heterocycles. The van der Waals surface area contributed by atoms with Crippen LogP contribution in [-0.2, 0) is 9.53 Å². The van der Waals surface area contributed by atoms with Crippen molar-refractivity contribution >= 4 is 5.97 Å². The molecule has 2 rings (SSSR count). The van der Waals surface area contributed by atoms with Gasteiger partial charge in [-0.2, -0.15) is 0 Å². The number of carbonyl (C=O) groups excluding carboxylic acids is 1. The number of likely N-dealkylation sites (tertiary alicyclic amines) is 1. The second-order valence-corrected chi connectivity index (χ2v) is 5.33. The zero-order valence-corrected chi connectivity index (χ0v) is 11.7. The third-order valence-corrected chi connectivity index (χ3v) is 3.62. The highest BCUT2D eigenvalue weighted by atomic mass is 16.5. The topological polar surface area (TPSA) is 29.5 Å². The minimum Gasteiger partial charge on any atom is -0.462 e. The Morgan fingerprint density at radius 1 is 1.32 bits per heavy atom. The third kappa shape index (κ3) is 5.03. The lowest BCUT2D eigenvalue weighted by Gasteiger charge is -2.28. The van der Waals surface area contributed by atoms with Crippen LogP contribution >= 0.6 is 0 Å². The van der Waals surface area contributed by atoms with Crippen LogP contribution < -0.4 is 0 Å². The van der Waals surface area contributed by atoms with Crippen LogP contribution in [-0.4, -0.2) is 37.1 Å². The van der Waals surface area contributed by atoms with Gasteiger partial charge in [0.25, 0.3) is 0 Å². The Balaban J connectivity index is 1.79. The van der Waals surface area contributed by atoms with Gasteiger partial charge in [-0.15, -0.1) is 0 Å². The largest absolute Gasteiger partial charge is 0.462 e. The molecule has 0 saturated carbocycles. The summed E-state index contributed by atoms with van der Waals surface area (Å²) in [5.74, 6) is -0.0804. The van der Waals surface area contributed by atoms with Crippen LogP contribution in [0.25, 0.3) is 0 Å². The molecule has 3 nitrogen and oxygen atoms in total. The van der Waals surface area contributed by atoms with Crippen molar-refractivity contribution in [2.24, 2.45) is 0 Å². The maximum Gasteiger partial charge on any atom is 0.310 e. The van der Waals surface area contributed by atoms with E-state index in [0.717, 1.165) is 44.3 Å². The van der Waals surface area contributed by atoms with Crippen molar-refractivity contribution in [1.82, 2.24) is 4.90 Å². The van der Waals surface area contributed by atoms with Crippen LogP contribution in [0.1, 0.15) is 32.1 Å². The van der Waals surface area contributed by atoms with Gasteiger partial charge in [-0.05, 0) is 32.7 Å². The van der Waals surface area contributed by atoms with E-state index < -0.39 is 0 Å². The molecule has 0 atom stereocenters. The second kappa shape index (κ2) is 7.29. The van der Waals surface area contributed by atoms with E-state index in [1.807, 2.05) is 12.2 Å². The van der Waals surface area contributed by atoms with Crippen LogP contribution in [0.2, 0.25) is 0 Å². The van der Waals surface area contributed by atoms with Crippen LogP contribution in [0.3, 0.4) is 0 Å². The van der Waals surface area contributed by atoms with Gasteiger partial charge < -0.3 is 9.64 Å². The Bertz CT molecular complexity index is 388. The van der Waals surface area contributed by atoms with Gasteiger partial charge in [0, 0.05) is 13.1 Å². The SMILES string of the molecule is CN1CCC(OC(=O)C/C2=C/C=C\CC=CC2)CC1. The predicted molar refractivity (Wildman–Crippen MR) is 76.8 cm³/mol. The van der Waals surface area contributed by atoms with E-state index in [1.54, 1.807) is 0 Å². The molecule has 0 amide bonds. The van der Waals surface area contributed by atoms with Gasteiger partial charge in [0.05, 0.1) is 6.42 Å². The van der Waals surface area contributed by atoms with E-state index in [2.05, 4.69) is 30.2 Å². The van der Waals surface area contributed by atoms with Crippen LogP contribution in [0.4, 0.5) is 0 Å². The second-order valence-electron chi connectivity index (χ2n) is 5.33. The molecule has 1 fully saturated rings. The number of piperidine rings is 1. The van der Waals surface area contributed by atoms with Crippen molar-refractivity contribution in [3.63, 3.8) is 0 Å². The third-order valence-electron chi connectivity index (χ3n) is 3.62. The Hall–Kier alpha value is -1.35. The summed E-state index contributed by atoms with van der Waals surface area (Å²) in [4.78, 5) is 14.2. The summed E-state index contributed by atoms with van der Waals surface area (Å²) in [6, 6.07) is 0. The monoisotopic (exact) mass is 261 g/mol. The number of esters is 1. The van der Waals surface area contributed by atoms with E-state index in [-0.39, 0.29) is 12.1 Å². The highest BCUT2D eigenvalue weighted by molar-refractivity contribution is 5.72. The number of rotatable bonds is 3. The van der Waals surface area contributed by atoms with Gasteiger partial charge in [-0.3, -0.25) is 4.79 Å². The summed E-state index contributed by atoms with van der Waals surface area (Å²) >= 11 is 0. The molecule has 1 aliphatic carbocycles. The molecule has 3 heteroatoms. The Morgan fingerprint density at radius 3 is 2.89 bits per heavy atom.